The Balaban J connectivity index is 1.54. The molecule has 0 bridgehead atoms. The molecule has 7 heteroatoms. The van der Waals surface area contributed by atoms with Gasteiger partial charge in [-0.15, -0.1) is 0 Å². The van der Waals surface area contributed by atoms with Gasteiger partial charge in [0.15, 0.2) is 0 Å². The predicted octanol–water partition coefficient (Wildman–Crippen LogP) is 5.49. The summed E-state index contributed by atoms with van der Waals surface area (Å²) in [7, 11) is 0. The minimum Gasteiger partial charge on any atom is -0.494 e. The summed E-state index contributed by atoms with van der Waals surface area (Å²) in [5.41, 5.74) is 3.99. The number of aliphatic hydroxyl groups excluding tert-OH is 1. The van der Waals surface area contributed by atoms with Gasteiger partial charge in [-0.2, -0.15) is 5.26 Å². The van der Waals surface area contributed by atoms with Gasteiger partial charge in [0.25, 0.3) is 0 Å². The van der Waals surface area contributed by atoms with E-state index < -0.39 is 5.54 Å². The molecule has 0 spiro atoms. The fraction of sp³-hybridized carbons (Fsp3) is 0.333. The number of aromatic nitrogens is 1. The molecule has 2 aromatic carbocycles. The second kappa shape index (κ2) is 11.8. The fourth-order valence-electron chi connectivity index (χ4n) is 3.57. The lowest BCUT2D eigenvalue weighted by molar-refractivity contribution is 0.0589. The topological polar surface area (TPSA) is 81.4 Å². The van der Waals surface area contributed by atoms with Crippen LogP contribution in [0.1, 0.15) is 31.4 Å². The van der Waals surface area contributed by atoms with Crippen LogP contribution in [0.2, 0.25) is 5.02 Å². The number of pyridine rings is 1. The van der Waals surface area contributed by atoms with Gasteiger partial charge in [-0.3, -0.25) is 9.88 Å². The zero-order chi connectivity index (χ0) is 24.6. The van der Waals surface area contributed by atoms with E-state index in [-0.39, 0.29) is 6.61 Å². The van der Waals surface area contributed by atoms with Crippen LogP contribution in [0.15, 0.2) is 60.9 Å². The number of nitrogens with one attached hydrogen (secondary N) is 1. The molecule has 1 heterocycles. The molecule has 0 unspecified atom stereocenters. The summed E-state index contributed by atoms with van der Waals surface area (Å²) >= 11 is 6.30. The molecule has 0 aliphatic carbocycles. The van der Waals surface area contributed by atoms with Gasteiger partial charge in [-0.05, 0) is 80.3 Å². The molecule has 0 atom stereocenters. The predicted molar refractivity (Wildman–Crippen MR) is 137 cm³/mol. The number of benzene rings is 2. The molecule has 0 amide bonds. The number of nitrogens with zero attached hydrogens (tertiary/aromatic N) is 3. The number of hydrogen-bond donors (Lipinski definition) is 2. The summed E-state index contributed by atoms with van der Waals surface area (Å²) in [5, 5.41) is 22.9. The maximum atomic E-state index is 9.92. The number of nitriles is 1. The van der Waals surface area contributed by atoms with Gasteiger partial charge in [-0.1, -0.05) is 23.7 Å². The Labute approximate surface area is 206 Å². The lowest BCUT2D eigenvalue weighted by Crippen LogP contribution is -2.49. The van der Waals surface area contributed by atoms with Crippen molar-refractivity contribution in [3.05, 3.63) is 77.1 Å². The summed E-state index contributed by atoms with van der Waals surface area (Å²) in [4.78, 5) is 6.23. The van der Waals surface area contributed by atoms with E-state index in [1.54, 1.807) is 18.5 Å². The maximum absolute atomic E-state index is 9.92. The third-order valence-electron chi connectivity index (χ3n) is 5.92. The van der Waals surface area contributed by atoms with Crippen molar-refractivity contribution < 1.29 is 9.84 Å². The number of ether oxygens (including phenoxy) is 1. The van der Waals surface area contributed by atoms with Gasteiger partial charge < -0.3 is 15.2 Å². The molecule has 178 valence electrons. The van der Waals surface area contributed by atoms with Crippen molar-refractivity contribution in [2.75, 3.05) is 31.7 Å². The van der Waals surface area contributed by atoms with E-state index in [1.807, 2.05) is 63.2 Å². The van der Waals surface area contributed by atoms with E-state index in [2.05, 4.69) is 21.3 Å². The van der Waals surface area contributed by atoms with Crippen molar-refractivity contribution in [3.63, 3.8) is 0 Å². The van der Waals surface area contributed by atoms with Crippen LogP contribution in [0.25, 0.3) is 11.1 Å². The van der Waals surface area contributed by atoms with E-state index in [9.17, 15) is 5.11 Å². The number of rotatable bonds is 11. The first kappa shape index (κ1) is 25.5. The molecular weight excluding hydrogens is 448 g/mol. The van der Waals surface area contributed by atoms with E-state index >= 15 is 0 Å². The molecule has 0 aliphatic heterocycles. The monoisotopic (exact) mass is 478 g/mol. The van der Waals surface area contributed by atoms with Crippen LogP contribution in [-0.4, -0.2) is 47.0 Å². The third kappa shape index (κ3) is 6.48. The Bertz CT molecular complexity index is 1110. The lowest BCUT2D eigenvalue weighted by Gasteiger charge is -2.37. The summed E-state index contributed by atoms with van der Waals surface area (Å²) in [5.74, 6) is 0.826. The van der Waals surface area contributed by atoms with E-state index in [1.165, 1.54) is 0 Å². The summed E-state index contributed by atoms with van der Waals surface area (Å²) < 4.78 is 5.95. The normalized spacial score (nSPS) is 11.3. The van der Waals surface area contributed by atoms with Crippen molar-refractivity contribution >= 4 is 17.3 Å². The molecule has 34 heavy (non-hydrogen) atoms. The molecular formula is C27H31ClN4O2. The Morgan fingerprint density at radius 2 is 1.76 bits per heavy atom. The van der Waals surface area contributed by atoms with Gasteiger partial charge in [0.2, 0.25) is 0 Å². The van der Waals surface area contributed by atoms with Crippen molar-refractivity contribution in [2.24, 2.45) is 0 Å². The highest BCUT2D eigenvalue weighted by Crippen LogP contribution is 2.27. The molecule has 0 aliphatic rings. The highest BCUT2D eigenvalue weighted by Gasteiger charge is 2.25. The van der Waals surface area contributed by atoms with E-state index in [4.69, 9.17) is 21.6 Å². The molecule has 0 saturated carbocycles. The van der Waals surface area contributed by atoms with Crippen molar-refractivity contribution in [1.29, 1.82) is 5.26 Å². The minimum absolute atomic E-state index is 0.0269. The largest absolute Gasteiger partial charge is 0.494 e. The molecule has 2 N–H and O–H groups in total. The lowest BCUT2D eigenvalue weighted by atomic mass is 10.0. The highest BCUT2D eigenvalue weighted by molar-refractivity contribution is 6.32. The average Bonchev–Trinajstić information content (AvgIpc) is 2.86. The zero-order valence-electron chi connectivity index (χ0n) is 19.9. The fourth-order valence-corrected chi connectivity index (χ4v) is 3.78. The van der Waals surface area contributed by atoms with Crippen molar-refractivity contribution in [1.82, 2.24) is 9.88 Å². The molecule has 1 aromatic heterocycles. The van der Waals surface area contributed by atoms with Crippen molar-refractivity contribution in [3.8, 4) is 22.9 Å². The Morgan fingerprint density at radius 3 is 2.41 bits per heavy atom. The van der Waals surface area contributed by atoms with Gasteiger partial charge >= 0.3 is 0 Å². The summed E-state index contributed by atoms with van der Waals surface area (Å²) in [6.07, 6.45) is 4.36. The van der Waals surface area contributed by atoms with Crippen LogP contribution in [0, 0.1) is 18.3 Å². The number of aliphatic hydroxyl groups is 1. The van der Waals surface area contributed by atoms with Crippen LogP contribution in [-0.2, 0) is 0 Å². The Morgan fingerprint density at radius 1 is 1.09 bits per heavy atom. The molecule has 0 saturated heterocycles. The van der Waals surface area contributed by atoms with Crippen LogP contribution < -0.4 is 10.1 Å². The molecule has 0 fully saturated rings. The first-order valence-electron chi connectivity index (χ1n) is 11.3. The number of halogens is 1. The highest BCUT2D eigenvalue weighted by atomic mass is 35.5. The molecule has 3 aromatic rings. The number of anilines is 1. The standard InChI is InChI=1S/C27H31ClN4O2/c1-20-25(10-7-23(17-29)26(20)28)31-19-32(27(2,3)18-33)15-4-16-34-24-8-5-21(6-9-24)22-11-13-30-14-12-22/h5-14,31,33H,4,15-16,18-19H2,1-3H3. The van der Waals surface area contributed by atoms with Gasteiger partial charge in [0.05, 0.1) is 30.5 Å². The summed E-state index contributed by atoms with van der Waals surface area (Å²) in [6, 6.07) is 17.7. The molecule has 6 nitrogen and oxygen atoms in total. The van der Waals surface area contributed by atoms with Crippen LogP contribution >= 0.6 is 11.6 Å². The minimum atomic E-state index is -0.413. The first-order chi connectivity index (χ1) is 16.4. The maximum Gasteiger partial charge on any atom is 0.119 e. The smallest absolute Gasteiger partial charge is 0.119 e. The van der Waals surface area contributed by atoms with E-state index in [0.717, 1.165) is 41.1 Å². The zero-order valence-corrected chi connectivity index (χ0v) is 20.6. The van der Waals surface area contributed by atoms with Crippen LogP contribution in [0.5, 0.6) is 5.75 Å². The van der Waals surface area contributed by atoms with Gasteiger partial charge in [-0.25, -0.2) is 0 Å². The van der Waals surface area contributed by atoms with Crippen LogP contribution in [0.3, 0.4) is 0 Å². The molecule has 3 rings (SSSR count). The molecule has 0 radical (unpaired) electrons. The first-order valence-corrected chi connectivity index (χ1v) is 11.7. The Kier molecular flexibility index (Phi) is 8.89. The van der Waals surface area contributed by atoms with Crippen LogP contribution in [0.4, 0.5) is 5.69 Å². The quantitative estimate of drug-likeness (QED) is 0.280. The number of hydrogen-bond acceptors (Lipinski definition) is 6. The third-order valence-corrected chi connectivity index (χ3v) is 6.41. The second-order valence-electron chi connectivity index (χ2n) is 8.74. The SMILES string of the molecule is Cc1c(NCN(CCCOc2ccc(-c3ccncc3)cc2)C(C)(C)CO)ccc(C#N)c1Cl. The van der Waals surface area contributed by atoms with Crippen molar-refractivity contribution in [2.45, 2.75) is 32.7 Å². The summed E-state index contributed by atoms with van der Waals surface area (Å²) in [6.45, 7) is 7.75. The average molecular weight is 479 g/mol. The van der Waals surface area contributed by atoms with Gasteiger partial charge in [0, 0.05) is 30.2 Å². The Hall–Kier alpha value is -3.11. The van der Waals surface area contributed by atoms with Gasteiger partial charge in [0.1, 0.15) is 11.8 Å². The van der Waals surface area contributed by atoms with E-state index in [0.29, 0.717) is 23.9 Å². The second-order valence-corrected chi connectivity index (χ2v) is 9.12.